The molecule has 0 atom stereocenters. The van der Waals surface area contributed by atoms with Crippen LogP contribution in [0.3, 0.4) is 0 Å². The van der Waals surface area contributed by atoms with Crippen molar-refractivity contribution in [3.05, 3.63) is 58.6 Å². The third kappa shape index (κ3) is 9.61. The van der Waals surface area contributed by atoms with E-state index in [0.717, 1.165) is 30.6 Å². The molecule has 2 aromatic carbocycles. The molecule has 0 heterocycles. The minimum absolute atomic E-state index is 0.0701. The quantitative estimate of drug-likeness (QED) is 0.217. The minimum atomic E-state index is -0.208. The molecule has 2 amide bonds. The third-order valence-electron chi connectivity index (χ3n) is 5.16. The van der Waals surface area contributed by atoms with Crippen molar-refractivity contribution in [3.63, 3.8) is 0 Å². The molecular weight excluding hydrogens is 466 g/mol. The first-order valence-electron chi connectivity index (χ1n) is 12.0. The summed E-state index contributed by atoms with van der Waals surface area (Å²) in [6.45, 7) is 10.6. The lowest BCUT2D eigenvalue weighted by Crippen LogP contribution is -2.42. The molecule has 190 valence electrons. The highest BCUT2D eigenvalue weighted by atomic mass is 35.5. The number of benzene rings is 2. The van der Waals surface area contributed by atoms with E-state index in [2.05, 4.69) is 10.5 Å². The lowest BCUT2D eigenvalue weighted by Gasteiger charge is -2.31. The fourth-order valence-electron chi connectivity index (χ4n) is 3.57. The summed E-state index contributed by atoms with van der Waals surface area (Å²) in [5.41, 5.74) is 3.73. The Morgan fingerprint density at radius 2 is 1.51 bits per heavy atom. The first-order chi connectivity index (χ1) is 16.7. The summed E-state index contributed by atoms with van der Waals surface area (Å²) in [5, 5.41) is 4.23. The van der Waals surface area contributed by atoms with E-state index in [1.54, 1.807) is 24.4 Å². The maximum Gasteiger partial charge on any atom is 0.255 e. The number of nitrogens with one attached hydrogen (secondary N) is 1. The van der Waals surface area contributed by atoms with Gasteiger partial charge in [0, 0.05) is 19.0 Å². The number of unbranched alkanes of at least 4 members (excludes halogenated alkanes) is 2. The van der Waals surface area contributed by atoms with Crippen LogP contribution in [-0.2, 0) is 4.79 Å². The van der Waals surface area contributed by atoms with Crippen LogP contribution in [0.25, 0.3) is 0 Å². The first-order valence-corrected chi connectivity index (χ1v) is 12.3. The van der Waals surface area contributed by atoms with Crippen molar-refractivity contribution in [2.45, 2.75) is 66.0 Å². The molecule has 0 unspecified atom stereocenters. The van der Waals surface area contributed by atoms with Crippen LogP contribution < -0.4 is 14.9 Å². The van der Waals surface area contributed by atoms with E-state index in [4.69, 9.17) is 21.1 Å². The van der Waals surface area contributed by atoms with Gasteiger partial charge in [-0.25, -0.2) is 5.43 Å². The van der Waals surface area contributed by atoms with Crippen molar-refractivity contribution in [2.75, 3.05) is 13.2 Å². The van der Waals surface area contributed by atoms with Gasteiger partial charge in [0.1, 0.15) is 11.5 Å². The smallest absolute Gasteiger partial charge is 0.255 e. The summed E-state index contributed by atoms with van der Waals surface area (Å²) in [5.74, 6) is 1.17. The monoisotopic (exact) mass is 501 g/mol. The maximum absolute atomic E-state index is 12.9. The number of ether oxygens (including phenoxy) is 2. The fraction of sp³-hybridized carbons (Fsp3) is 0.444. The zero-order valence-corrected chi connectivity index (χ0v) is 22.0. The normalized spacial score (nSPS) is 11.2. The Hall–Kier alpha value is -3.06. The van der Waals surface area contributed by atoms with Crippen LogP contribution in [0, 0.1) is 0 Å². The molecule has 0 fully saturated rings. The van der Waals surface area contributed by atoms with Crippen LogP contribution in [0.4, 0.5) is 0 Å². The second-order valence-electron chi connectivity index (χ2n) is 8.79. The number of carbonyl (C=O) groups excluding carboxylic acids is 2. The molecule has 35 heavy (non-hydrogen) atoms. The molecule has 2 rings (SSSR count). The first kappa shape index (κ1) is 28.2. The van der Waals surface area contributed by atoms with Gasteiger partial charge in [0.15, 0.2) is 0 Å². The van der Waals surface area contributed by atoms with Gasteiger partial charge in [0.2, 0.25) is 5.91 Å². The Morgan fingerprint density at radius 1 is 0.943 bits per heavy atom. The Kier molecular flexibility index (Phi) is 11.6. The predicted octanol–water partition coefficient (Wildman–Crippen LogP) is 5.70. The summed E-state index contributed by atoms with van der Waals surface area (Å²) in [4.78, 5) is 25.5. The van der Waals surface area contributed by atoms with Crippen molar-refractivity contribution in [2.24, 2.45) is 5.10 Å². The van der Waals surface area contributed by atoms with Gasteiger partial charge in [-0.2, -0.15) is 5.10 Å². The number of nitrogens with zero attached hydrogens (tertiary/aromatic N) is 2. The van der Waals surface area contributed by atoms with Gasteiger partial charge < -0.3 is 14.4 Å². The van der Waals surface area contributed by atoms with E-state index >= 15 is 0 Å². The van der Waals surface area contributed by atoms with Gasteiger partial charge in [-0.15, -0.1) is 0 Å². The van der Waals surface area contributed by atoms with E-state index < -0.39 is 0 Å². The van der Waals surface area contributed by atoms with E-state index in [1.807, 2.05) is 56.9 Å². The summed E-state index contributed by atoms with van der Waals surface area (Å²) in [6.07, 6.45) is 4.33. The number of amides is 2. The molecule has 0 aromatic heterocycles. The Bertz CT molecular complexity index is 982. The van der Waals surface area contributed by atoms with E-state index in [0.29, 0.717) is 29.5 Å². The average molecular weight is 502 g/mol. The molecule has 0 spiro atoms. The van der Waals surface area contributed by atoms with Crippen molar-refractivity contribution >= 4 is 29.6 Å². The number of rotatable bonds is 13. The average Bonchev–Trinajstić information content (AvgIpc) is 2.78. The van der Waals surface area contributed by atoms with Crippen LogP contribution in [0.1, 0.15) is 69.8 Å². The molecule has 0 aliphatic carbocycles. The molecular formula is C27H36ClN3O4. The standard InChI is InChI=1S/C27H36ClN3O4/c1-19(2)31(20(3)4)27(33)25-14-13-24(17-26(25)28)35-16-8-6-7-15-34-23-11-9-22(10-12-23)18-29-30-21(5)32/h9-14,17-20H,6-8,15-16H2,1-5H3,(H,30,32). The van der Waals surface area contributed by atoms with Crippen molar-refractivity contribution < 1.29 is 19.1 Å². The van der Waals surface area contributed by atoms with Gasteiger partial charge in [-0.1, -0.05) is 11.6 Å². The maximum atomic E-state index is 12.9. The Labute approximate surface area is 213 Å². The number of hydrogen-bond donors (Lipinski definition) is 1. The van der Waals surface area contributed by atoms with Crippen molar-refractivity contribution in [3.8, 4) is 11.5 Å². The fourth-order valence-corrected chi connectivity index (χ4v) is 3.82. The SMILES string of the molecule is CC(=O)NN=Cc1ccc(OCCCCCOc2ccc(C(=O)N(C(C)C)C(C)C)c(Cl)c2)cc1. The Morgan fingerprint density at radius 3 is 2.06 bits per heavy atom. The number of hydrogen-bond acceptors (Lipinski definition) is 5. The summed E-state index contributed by atoms with van der Waals surface area (Å²) >= 11 is 6.40. The van der Waals surface area contributed by atoms with Crippen molar-refractivity contribution in [1.29, 1.82) is 0 Å². The van der Waals surface area contributed by atoms with Crippen molar-refractivity contribution in [1.82, 2.24) is 10.3 Å². The molecule has 8 heteroatoms. The second kappa shape index (κ2) is 14.4. The lowest BCUT2D eigenvalue weighted by atomic mass is 10.1. The Balaban J connectivity index is 1.69. The van der Waals surface area contributed by atoms with E-state index in [1.165, 1.54) is 6.92 Å². The molecule has 0 aliphatic heterocycles. The van der Waals surface area contributed by atoms with E-state index in [9.17, 15) is 9.59 Å². The summed E-state index contributed by atoms with van der Waals surface area (Å²) in [6, 6.07) is 12.9. The lowest BCUT2D eigenvalue weighted by molar-refractivity contribution is -0.118. The molecule has 2 aromatic rings. The van der Waals surface area contributed by atoms with Crippen LogP contribution in [0.2, 0.25) is 5.02 Å². The molecule has 0 saturated carbocycles. The highest BCUT2D eigenvalue weighted by molar-refractivity contribution is 6.34. The van der Waals surface area contributed by atoms with Gasteiger partial charge in [-0.05, 0) is 95.0 Å². The van der Waals surface area contributed by atoms with E-state index in [-0.39, 0.29) is 23.9 Å². The topological polar surface area (TPSA) is 80.2 Å². The highest BCUT2D eigenvalue weighted by Crippen LogP contribution is 2.25. The van der Waals surface area contributed by atoms with Crippen LogP contribution >= 0.6 is 11.6 Å². The third-order valence-corrected chi connectivity index (χ3v) is 5.47. The van der Waals surface area contributed by atoms with Gasteiger partial charge in [-0.3, -0.25) is 9.59 Å². The highest BCUT2D eigenvalue weighted by Gasteiger charge is 2.23. The number of carbonyl (C=O) groups is 2. The molecule has 0 saturated heterocycles. The van der Waals surface area contributed by atoms with Gasteiger partial charge in [0.05, 0.1) is 30.0 Å². The number of halogens is 1. The molecule has 0 radical (unpaired) electrons. The number of hydrazone groups is 1. The van der Waals surface area contributed by atoms with Gasteiger partial charge >= 0.3 is 0 Å². The zero-order valence-electron chi connectivity index (χ0n) is 21.2. The zero-order chi connectivity index (χ0) is 25.8. The van der Waals surface area contributed by atoms with Gasteiger partial charge in [0.25, 0.3) is 5.91 Å². The molecule has 7 nitrogen and oxygen atoms in total. The molecule has 0 aliphatic rings. The second-order valence-corrected chi connectivity index (χ2v) is 9.20. The minimum Gasteiger partial charge on any atom is -0.494 e. The largest absolute Gasteiger partial charge is 0.494 e. The predicted molar refractivity (Wildman–Crippen MR) is 141 cm³/mol. The van der Waals surface area contributed by atoms with Crippen LogP contribution in [0.5, 0.6) is 11.5 Å². The van der Waals surface area contributed by atoms with Crippen LogP contribution in [-0.4, -0.2) is 48.2 Å². The molecule has 1 N–H and O–H groups in total. The summed E-state index contributed by atoms with van der Waals surface area (Å²) in [7, 11) is 0. The molecule has 0 bridgehead atoms. The van der Waals surface area contributed by atoms with Crippen LogP contribution in [0.15, 0.2) is 47.6 Å². The summed E-state index contributed by atoms with van der Waals surface area (Å²) < 4.78 is 11.6.